The van der Waals surface area contributed by atoms with E-state index in [-0.39, 0.29) is 11.5 Å². The summed E-state index contributed by atoms with van der Waals surface area (Å²) in [7, 11) is 0. The Morgan fingerprint density at radius 2 is 1.33 bits per heavy atom. The van der Waals surface area contributed by atoms with Crippen LogP contribution in [0.15, 0.2) is 30.3 Å². The zero-order valence-electron chi connectivity index (χ0n) is 24.4. The van der Waals surface area contributed by atoms with Crippen molar-refractivity contribution in [1.29, 1.82) is 0 Å². The maximum absolute atomic E-state index is 12.3. The molecule has 4 heteroatoms. The SMILES string of the molecule is CC(C)CCCCCCCCCCCC[S+]([O-])CCCOCC(CC(C)(C)C)OCc1ccccc1. The molecule has 2 unspecified atom stereocenters. The lowest BCUT2D eigenvalue weighted by Gasteiger charge is -2.26. The summed E-state index contributed by atoms with van der Waals surface area (Å²) < 4.78 is 24.4. The number of rotatable bonds is 23. The molecular formula is C32H58O3S. The summed E-state index contributed by atoms with van der Waals surface area (Å²) in [6.45, 7) is 13.2. The van der Waals surface area contributed by atoms with Crippen molar-refractivity contribution < 1.29 is 14.0 Å². The van der Waals surface area contributed by atoms with Crippen LogP contribution >= 0.6 is 0 Å². The molecule has 0 N–H and O–H groups in total. The van der Waals surface area contributed by atoms with Crippen LogP contribution in [0, 0.1) is 11.3 Å². The molecule has 210 valence electrons. The average Bonchev–Trinajstić information content (AvgIpc) is 2.82. The van der Waals surface area contributed by atoms with Crippen molar-refractivity contribution >= 4 is 11.2 Å². The Kier molecular flexibility index (Phi) is 19.9. The van der Waals surface area contributed by atoms with Crippen LogP contribution in [-0.4, -0.2) is 35.4 Å². The molecule has 0 heterocycles. The Bertz CT molecular complexity index is 599. The topological polar surface area (TPSA) is 41.5 Å². The molecule has 0 spiro atoms. The molecule has 0 saturated heterocycles. The fourth-order valence-corrected chi connectivity index (χ4v) is 5.68. The molecule has 0 fully saturated rings. The van der Waals surface area contributed by atoms with Crippen molar-refractivity contribution in [2.75, 3.05) is 24.7 Å². The Morgan fingerprint density at radius 3 is 1.92 bits per heavy atom. The molecule has 1 rings (SSSR count). The molecule has 0 aliphatic rings. The smallest absolute Gasteiger partial charge is 0.107 e. The van der Waals surface area contributed by atoms with Gasteiger partial charge in [0.05, 0.1) is 25.9 Å². The summed E-state index contributed by atoms with van der Waals surface area (Å²) in [5, 5.41) is 0. The largest absolute Gasteiger partial charge is 0.616 e. The van der Waals surface area contributed by atoms with Crippen molar-refractivity contribution in [2.24, 2.45) is 11.3 Å². The lowest BCUT2D eigenvalue weighted by molar-refractivity contribution is -0.0422. The molecular weight excluding hydrogens is 464 g/mol. The standard InChI is InChI=1S/C32H58O3S/c1-29(2)20-15-12-10-8-6-7-9-11-13-18-24-36(33)25-19-23-34-28-31(26-32(3,4)5)35-27-30-21-16-14-17-22-30/h14,16-17,21-22,29,31H,6-13,15,18-20,23-28H2,1-5H3. The number of hydrogen-bond donors (Lipinski definition) is 0. The predicted octanol–water partition coefficient (Wildman–Crippen LogP) is 9.11. The minimum atomic E-state index is -0.707. The molecule has 2 atom stereocenters. The Hall–Kier alpha value is -0.550. The molecule has 1 aromatic carbocycles. The molecule has 0 aromatic heterocycles. The van der Waals surface area contributed by atoms with E-state index in [0.717, 1.165) is 36.7 Å². The third-order valence-corrected chi connectivity index (χ3v) is 8.02. The normalized spacial score (nSPS) is 13.9. The van der Waals surface area contributed by atoms with E-state index < -0.39 is 11.2 Å². The fourth-order valence-electron chi connectivity index (χ4n) is 4.51. The molecule has 0 amide bonds. The number of unbranched alkanes of at least 4 members (excludes halogenated alkanes) is 9. The minimum Gasteiger partial charge on any atom is -0.616 e. The van der Waals surface area contributed by atoms with Gasteiger partial charge in [0.25, 0.3) is 0 Å². The summed E-state index contributed by atoms with van der Waals surface area (Å²) in [5.74, 6) is 2.46. The Labute approximate surface area is 227 Å². The van der Waals surface area contributed by atoms with Crippen molar-refractivity contribution in [1.82, 2.24) is 0 Å². The predicted molar refractivity (Wildman–Crippen MR) is 158 cm³/mol. The van der Waals surface area contributed by atoms with E-state index in [2.05, 4.69) is 46.8 Å². The first-order valence-electron chi connectivity index (χ1n) is 14.8. The van der Waals surface area contributed by atoms with E-state index in [4.69, 9.17) is 9.47 Å². The Morgan fingerprint density at radius 1 is 0.778 bits per heavy atom. The van der Waals surface area contributed by atoms with Gasteiger partial charge in [-0.1, -0.05) is 134 Å². The van der Waals surface area contributed by atoms with Gasteiger partial charge >= 0.3 is 0 Å². The highest BCUT2D eigenvalue weighted by molar-refractivity contribution is 7.91. The molecule has 0 saturated carbocycles. The second-order valence-electron chi connectivity index (χ2n) is 12.2. The number of ether oxygens (including phenoxy) is 2. The maximum Gasteiger partial charge on any atom is 0.107 e. The highest BCUT2D eigenvalue weighted by Gasteiger charge is 2.20. The third-order valence-electron chi connectivity index (χ3n) is 6.54. The highest BCUT2D eigenvalue weighted by atomic mass is 32.2. The van der Waals surface area contributed by atoms with E-state index in [1.807, 2.05) is 18.2 Å². The van der Waals surface area contributed by atoms with Crippen LogP contribution in [0.25, 0.3) is 0 Å². The van der Waals surface area contributed by atoms with Gasteiger partial charge in [-0.05, 0) is 36.2 Å². The molecule has 36 heavy (non-hydrogen) atoms. The van der Waals surface area contributed by atoms with Gasteiger partial charge in [0.15, 0.2) is 0 Å². The van der Waals surface area contributed by atoms with Gasteiger partial charge in [0.2, 0.25) is 0 Å². The molecule has 1 aromatic rings. The van der Waals surface area contributed by atoms with Crippen LogP contribution in [0.1, 0.15) is 124 Å². The van der Waals surface area contributed by atoms with Gasteiger partial charge in [-0.15, -0.1) is 0 Å². The van der Waals surface area contributed by atoms with Gasteiger partial charge in [-0.3, -0.25) is 0 Å². The molecule has 0 radical (unpaired) electrons. The second kappa shape index (κ2) is 21.4. The van der Waals surface area contributed by atoms with Crippen LogP contribution in [0.4, 0.5) is 0 Å². The van der Waals surface area contributed by atoms with Crippen molar-refractivity contribution in [3.63, 3.8) is 0 Å². The van der Waals surface area contributed by atoms with E-state index >= 15 is 0 Å². The summed E-state index contributed by atoms with van der Waals surface area (Å²) >= 11 is -0.707. The van der Waals surface area contributed by atoms with Crippen LogP contribution < -0.4 is 0 Å². The van der Waals surface area contributed by atoms with Gasteiger partial charge in [-0.2, -0.15) is 0 Å². The zero-order chi connectivity index (χ0) is 26.5. The third kappa shape index (κ3) is 21.5. The fraction of sp³-hybridized carbons (Fsp3) is 0.812. The molecule has 0 aliphatic heterocycles. The molecule has 3 nitrogen and oxygen atoms in total. The summed E-state index contributed by atoms with van der Waals surface area (Å²) in [6, 6.07) is 10.3. The average molecular weight is 523 g/mol. The van der Waals surface area contributed by atoms with Crippen molar-refractivity contribution in [3.05, 3.63) is 35.9 Å². The van der Waals surface area contributed by atoms with Crippen LogP contribution in [0.2, 0.25) is 0 Å². The summed E-state index contributed by atoms with van der Waals surface area (Å²) in [6.07, 6.45) is 16.7. The monoisotopic (exact) mass is 522 g/mol. The lowest BCUT2D eigenvalue weighted by atomic mass is 9.89. The van der Waals surface area contributed by atoms with Crippen molar-refractivity contribution in [2.45, 2.75) is 131 Å². The molecule has 0 bridgehead atoms. The van der Waals surface area contributed by atoms with Gasteiger partial charge < -0.3 is 14.0 Å². The van der Waals surface area contributed by atoms with Gasteiger partial charge in [-0.25, -0.2) is 0 Å². The van der Waals surface area contributed by atoms with Crippen LogP contribution in [-0.2, 0) is 27.3 Å². The molecule has 0 aliphatic carbocycles. The maximum atomic E-state index is 12.3. The number of hydrogen-bond acceptors (Lipinski definition) is 3. The van der Waals surface area contributed by atoms with E-state index in [0.29, 0.717) is 19.8 Å². The quantitative estimate of drug-likeness (QED) is 0.106. The first kappa shape index (κ1) is 33.5. The van der Waals surface area contributed by atoms with Crippen LogP contribution in [0.5, 0.6) is 0 Å². The first-order chi connectivity index (χ1) is 17.3. The van der Waals surface area contributed by atoms with Gasteiger partial charge in [0, 0.05) is 6.42 Å². The minimum absolute atomic E-state index is 0.0839. The first-order valence-corrected chi connectivity index (χ1v) is 16.3. The van der Waals surface area contributed by atoms with Crippen LogP contribution in [0.3, 0.4) is 0 Å². The second-order valence-corrected chi connectivity index (χ2v) is 13.9. The van der Waals surface area contributed by atoms with Crippen molar-refractivity contribution in [3.8, 4) is 0 Å². The van der Waals surface area contributed by atoms with E-state index in [9.17, 15) is 4.55 Å². The van der Waals surface area contributed by atoms with Gasteiger partial charge in [0.1, 0.15) is 11.5 Å². The van der Waals surface area contributed by atoms with E-state index in [1.54, 1.807) is 0 Å². The summed E-state index contributed by atoms with van der Waals surface area (Å²) in [5.41, 5.74) is 1.39. The highest BCUT2D eigenvalue weighted by Crippen LogP contribution is 2.23. The van der Waals surface area contributed by atoms with E-state index in [1.165, 1.54) is 69.8 Å². The number of benzene rings is 1. The zero-order valence-corrected chi connectivity index (χ0v) is 25.2. The lowest BCUT2D eigenvalue weighted by Crippen LogP contribution is -2.26. The summed E-state index contributed by atoms with van der Waals surface area (Å²) in [4.78, 5) is 0. The Balaban J connectivity index is 1.99.